The number of hydrogen-bond acceptors (Lipinski definition) is 5. The number of fused-ring (bicyclic) bond motifs is 1. The second-order valence-corrected chi connectivity index (χ2v) is 7.15. The summed E-state index contributed by atoms with van der Waals surface area (Å²) >= 11 is 1.15. The van der Waals surface area contributed by atoms with Crippen molar-refractivity contribution in [3.8, 4) is 0 Å². The molecule has 0 saturated carbocycles. The number of aromatic nitrogens is 3. The fourth-order valence-corrected chi connectivity index (χ4v) is 3.90. The van der Waals surface area contributed by atoms with Crippen LogP contribution in [-0.2, 0) is 12.8 Å². The van der Waals surface area contributed by atoms with Gasteiger partial charge in [-0.25, -0.2) is 4.98 Å². The summed E-state index contributed by atoms with van der Waals surface area (Å²) in [7, 11) is 0. The molecular weight excluding hydrogens is 350 g/mol. The van der Waals surface area contributed by atoms with Gasteiger partial charge in [-0.1, -0.05) is 17.4 Å². The second kappa shape index (κ2) is 6.72. The van der Waals surface area contributed by atoms with Gasteiger partial charge in [0, 0.05) is 11.9 Å². The molecule has 26 heavy (non-hydrogen) atoms. The van der Waals surface area contributed by atoms with E-state index in [0.717, 1.165) is 29.9 Å². The molecule has 132 valence electrons. The van der Waals surface area contributed by atoms with Gasteiger partial charge in [0.05, 0.1) is 5.69 Å². The standard InChI is InChI=1S/C18H17N5O2S/c1-10-15(26-18(20-10)22-16(24)14-7-8-19-23-14)17(25)21-13-6-5-11-3-2-4-12(11)9-13/h5-9H,2-4H2,1H3,(H,19,23)(H,21,25)(H,20,22,24). The van der Waals surface area contributed by atoms with E-state index in [2.05, 4.69) is 31.9 Å². The molecule has 1 aromatic carbocycles. The van der Waals surface area contributed by atoms with E-state index < -0.39 is 0 Å². The number of rotatable bonds is 4. The minimum absolute atomic E-state index is 0.222. The van der Waals surface area contributed by atoms with Crippen molar-refractivity contribution in [2.24, 2.45) is 0 Å². The monoisotopic (exact) mass is 367 g/mol. The van der Waals surface area contributed by atoms with Crippen LogP contribution in [0.1, 0.15) is 43.4 Å². The highest BCUT2D eigenvalue weighted by Gasteiger charge is 2.18. The van der Waals surface area contributed by atoms with Crippen LogP contribution in [0.4, 0.5) is 10.8 Å². The molecule has 0 radical (unpaired) electrons. The van der Waals surface area contributed by atoms with Crippen molar-refractivity contribution in [2.75, 3.05) is 10.6 Å². The Hall–Kier alpha value is -3.00. The average molecular weight is 367 g/mol. The Kier molecular flexibility index (Phi) is 4.26. The number of aromatic amines is 1. The van der Waals surface area contributed by atoms with Crippen molar-refractivity contribution in [1.29, 1.82) is 0 Å². The van der Waals surface area contributed by atoms with Gasteiger partial charge in [0.1, 0.15) is 10.6 Å². The quantitative estimate of drug-likeness (QED) is 0.659. The van der Waals surface area contributed by atoms with Gasteiger partial charge in [-0.3, -0.25) is 20.0 Å². The Labute approximate surface area is 153 Å². The highest BCUT2D eigenvalue weighted by atomic mass is 32.1. The van der Waals surface area contributed by atoms with E-state index >= 15 is 0 Å². The van der Waals surface area contributed by atoms with E-state index in [1.54, 1.807) is 13.0 Å². The summed E-state index contributed by atoms with van der Waals surface area (Å²) in [5.41, 5.74) is 4.36. The summed E-state index contributed by atoms with van der Waals surface area (Å²) in [5, 5.41) is 12.3. The van der Waals surface area contributed by atoms with E-state index in [-0.39, 0.29) is 11.8 Å². The molecule has 1 aliphatic rings. The van der Waals surface area contributed by atoms with Gasteiger partial charge in [-0.05, 0) is 55.5 Å². The van der Waals surface area contributed by atoms with E-state index in [1.165, 1.54) is 23.7 Å². The Morgan fingerprint density at radius 2 is 1.96 bits per heavy atom. The van der Waals surface area contributed by atoms with E-state index in [0.29, 0.717) is 21.4 Å². The highest BCUT2D eigenvalue weighted by molar-refractivity contribution is 7.17. The number of benzene rings is 1. The van der Waals surface area contributed by atoms with Crippen molar-refractivity contribution in [3.63, 3.8) is 0 Å². The first-order valence-electron chi connectivity index (χ1n) is 8.31. The molecule has 0 aliphatic heterocycles. The Bertz CT molecular complexity index is 978. The predicted octanol–water partition coefficient (Wildman–Crippen LogP) is 3.17. The van der Waals surface area contributed by atoms with Crippen molar-refractivity contribution >= 4 is 34.0 Å². The van der Waals surface area contributed by atoms with Crippen LogP contribution in [-0.4, -0.2) is 27.0 Å². The number of nitrogens with zero attached hydrogens (tertiary/aromatic N) is 2. The molecule has 0 bridgehead atoms. The normalized spacial score (nSPS) is 12.7. The van der Waals surface area contributed by atoms with Gasteiger partial charge in [0.25, 0.3) is 11.8 Å². The molecule has 3 N–H and O–H groups in total. The third kappa shape index (κ3) is 3.23. The lowest BCUT2D eigenvalue weighted by Crippen LogP contribution is -2.12. The zero-order valence-electron chi connectivity index (χ0n) is 14.1. The third-order valence-electron chi connectivity index (χ3n) is 4.33. The van der Waals surface area contributed by atoms with Crippen molar-refractivity contribution in [1.82, 2.24) is 15.2 Å². The number of hydrogen-bond donors (Lipinski definition) is 3. The number of nitrogens with one attached hydrogen (secondary N) is 3. The molecule has 7 nitrogen and oxygen atoms in total. The van der Waals surface area contributed by atoms with Gasteiger partial charge in [-0.15, -0.1) is 0 Å². The van der Waals surface area contributed by atoms with Crippen LogP contribution < -0.4 is 10.6 Å². The first-order valence-corrected chi connectivity index (χ1v) is 9.13. The van der Waals surface area contributed by atoms with Crippen LogP contribution in [0.5, 0.6) is 0 Å². The average Bonchev–Trinajstić information content (AvgIpc) is 3.34. The van der Waals surface area contributed by atoms with Crippen LogP contribution in [0.2, 0.25) is 0 Å². The Morgan fingerprint density at radius 3 is 2.77 bits per heavy atom. The lowest BCUT2D eigenvalue weighted by Gasteiger charge is -2.06. The smallest absolute Gasteiger partial charge is 0.275 e. The van der Waals surface area contributed by atoms with Gasteiger partial charge in [0.2, 0.25) is 0 Å². The third-order valence-corrected chi connectivity index (χ3v) is 5.40. The summed E-state index contributed by atoms with van der Waals surface area (Å²) in [6.07, 6.45) is 4.83. The molecule has 3 aromatic rings. The zero-order valence-corrected chi connectivity index (χ0v) is 14.9. The fraction of sp³-hybridized carbons (Fsp3) is 0.222. The molecular formula is C18H17N5O2S. The first kappa shape index (κ1) is 16.5. The summed E-state index contributed by atoms with van der Waals surface area (Å²) in [4.78, 5) is 29.4. The number of amides is 2. The number of thiazole rings is 1. The molecule has 2 heterocycles. The molecule has 0 atom stereocenters. The van der Waals surface area contributed by atoms with Crippen LogP contribution >= 0.6 is 11.3 Å². The second-order valence-electron chi connectivity index (χ2n) is 6.15. The number of aryl methyl sites for hydroxylation is 3. The summed E-state index contributed by atoms with van der Waals surface area (Å²) in [5.74, 6) is -0.568. The van der Waals surface area contributed by atoms with Gasteiger partial charge < -0.3 is 5.32 Å². The summed E-state index contributed by atoms with van der Waals surface area (Å²) in [6, 6.07) is 7.61. The largest absolute Gasteiger partial charge is 0.321 e. The lowest BCUT2D eigenvalue weighted by atomic mass is 10.1. The maximum absolute atomic E-state index is 12.6. The molecule has 0 fully saturated rings. The van der Waals surface area contributed by atoms with Crippen LogP contribution in [0.25, 0.3) is 0 Å². The highest BCUT2D eigenvalue weighted by Crippen LogP contribution is 2.27. The Balaban J connectivity index is 1.48. The van der Waals surface area contributed by atoms with Crippen molar-refractivity contribution < 1.29 is 9.59 Å². The molecule has 1 aliphatic carbocycles. The first-order chi connectivity index (χ1) is 12.6. The van der Waals surface area contributed by atoms with Gasteiger partial charge >= 0.3 is 0 Å². The molecule has 2 aromatic heterocycles. The van der Waals surface area contributed by atoms with E-state index in [1.807, 2.05) is 12.1 Å². The summed E-state index contributed by atoms with van der Waals surface area (Å²) < 4.78 is 0. The van der Waals surface area contributed by atoms with Crippen LogP contribution in [0.3, 0.4) is 0 Å². The van der Waals surface area contributed by atoms with Crippen molar-refractivity contribution in [2.45, 2.75) is 26.2 Å². The fourth-order valence-electron chi connectivity index (χ4n) is 3.04. The van der Waals surface area contributed by atoms with Gasteiger partial charge in [-0.2, -0.15) is 5.10 Å². The minimum Gasteiger partial charge on any atom is -0.321 e. The van der Waals surface area contributed by atoms with Crippen LogP contribution in [0.15, 0.2) is 30.5 Å². The zero-order chi connectivity index (χ0) is 18.1. The molecule has 0 unspecified atom stereocenters. The van der Waals surface area contributed by atoms with Gasteiger partial charge in [0.15, 0.2) is 5.13 Å². The lowest BCUT2D eigenvalue weighted by molar-refractivity contribution is 0.101. The molecule has 4 rings (SSSR count). The maximum Gasteiger partial charge on any atom is 0.275 e. The predicted molar refractivity (Wildman–Crippen MR) is 99.8 cm³/mol. The number of H-pyrrole nitrogens is 1. The molecule has 0 spiro atoms. The number of carbonyl (C=O) groups is 2. The SMILES string of the molecule is Cc1nc(NC(=O)c2ccn[nH]2)sc1C(=O)Nc1ccc2c(c1)CCC2. The van der Waals surface area contributed by atoms with Crippen molar-refractivity contribution in [3.05, 3.63) is 57.9 Å². The maximum atomic E-state index is 12.6. The minimum atomic E-state index is -0.346. The summed E-state index contributed by atoms with van der Waals surface area (Å²) in [6.45, 7) is 1.75. The van der Waals surface area contributed by atoms with E-state index in [4.69, 9.17) is 0 Å². The topological polar surface area (TPSA) is 99.8 Å². The molecule has 2 amide bonds. The molecule has 8 heteroatoms. The van der Waals surface area contributed by atoms with E-state index in [9.17, 15) is 9.59 Å². The molecule has 0 saturated heterocycles. The Morgan fingerprint density at radius 1 is 1.12 bits per heavy atom. The van der Waals surface area contributed by atoms with Crippen LogP contribution in [0, 0.1) is 6.92 Å². The number of anilines is 2. The number of carbonyl (C=O) groups excluding carboxylic acids is 2.